The summed E-state index contributed by atoms with van der Waals surface area (Å²) in [5, 5.41) is 27.8. The lowest BCUT2D eigenvalue weighted by molar-refractivity contribution is -0.137. The molecule has 0 fully saturated rings. The van der Waals surface area contributed by atoms with Crippen LogP contribution in [0.3, 0.4) is 0 Å². The molecule has 0 aliphatic carbocycles. The van der Waals surface area contributed by atoms with Gasteiger partial charge in [-0.2, -0.15) is 13.2 Å². The van der Waals surface area contributed by atoms with Crippen molar-refractivity contribution < 1.29 is 33.3 Å². The molecule has 0 spiro atoms. The summed E-state index contributed by atoms with van der Waals surface area (Å²) in [4.78, 5) is 10.3. The number of carboxylic acid groups (broad SMARTS) is 1. The number of hydrogen-bond acceptors (Lipinski definition) is 3. The Morgan fingerprint density at radius 2 is 1.52 bits per heavy atom. The lowest BCUT2D eigenvalue weighted by Gasteiger charge is -2.04. The van der Waals surface area contributed by atoms with Crippen LogP contribution in [0.4, 0.5) is 13.2 Å². The van der Waals surface area contributed by atoms with Crippen molar-refractivity contribution in [3.05, 3.63) is 48.6 Å². The number of rotatable bonds is 14. The van der Waals surface area contributed by atoms with Gasteiger partial charge >= 0.3 is 12.1 Å². The minimum Gasteiger partial charge on any atom is -0.481 e. The Kier molecular flexibility index (Phi) is 14.2. The number of allylic oxidation sites excluding steroid dienone is 5. The second kappa shape index (κ2) is 15.2. The monoisotopic (exact) mass is 390 g/mol. The Bertz CT molecular complexity index is 508. The van der Waals surface area contributed by atoms with Gasteiger partial charge in [-0.25, -0.2) is 0 Å². The molecule has 0 unspecified atom stereocenters. The molecule has 154 valence electrons. The molecule has 0 aromatic heterocycles. The quantitative estimate of drug-likeness (QED) is 0.228. The van der Waals surface area contributed by atoms with Gasteiger partial charge in [0.1, 0.15) is 0 Å². The zero-order valence-electron chi connectivity index (χ0n) is 15.3. The fourth-order valence-corrected chi connectivity index (χ4v) is 2.09. The first kappa shape index (κ1) is 25.1. The SMILES string of the molecule is O=C(O)CCC[C@H](O)/C=C/C=C/C=C\[C@H](O)C/C=C/CCCCC(F)(F)F. The lowest BCUT2D eigenvalue weighted by atomic mass is 10.1. The molecule has 4 nitrogen and oxygen atoms in total. The summed E-state index contributed by atoms with van der Waals surface area (Å²) in [6.45, 7) is 0. The fourth-order valence-electron chi connectivity index (χ4n) is 2.09. The van der Waals surface area contributed by atoms with Crippen molar-refractivity contribution in [2.75, 3.05) is 0 Å². The minimum atomic E-state index is -4.09. The Hall–Kier alpha value is -1.86. The number of alkyl halides is 3. The summed E-state index contributed by atoms with van der Waals surface area (Å²) in [7, 11) is 0. The van der Waals surface area contributed by atoms with Gasteiger partial charge in [0.25, 0.3) is 0 Å². The Labute approximate surface area is 158 Å². The molecule has 0 amide bonds. The molecule has 0 aliphatic heterocycles. The predicted molar refractivity (Wildman–Crippen MR) is 99.2 cm³/mol. The van der Waals surface area contributed by atoms with Crippen LogP contribution in [-0.2, 0) is 4.79 Å². The zero-order chi connectivity index (χ0) is 20.5. The molecule has 0 radical (unpaired) electrons. The summed E-state index contributed by atoms with van der Waals surface area (Å²) in [5.41, 5.74) is 0. The highest BCUT2D eigenvalue weighted by molar-refractivity contribution is 5.66. The van der Waals surface area contributed by atoms with Gasteiger partial charge in [0.2, 0.25) is 0 Å². The second-order valence-corrected chi connectivity index (χ2v) is 6.14. The Morgan fingerprint density at radius 3 is 2.11 bits per heavy atom. The van der Waals surface area contributed by atoms with Gasteiger partial charge < -0.3 is 15.3 Å². The van der Waals surface area contributed by atoms with Crippen molar-refractivity contribution in [2.45, 2.75) is 69.8 Å². The molecule has 0 rings (SSSR count). The molecule has 0 bridgehead atoms. The minimum absolute atomic E-state index is 0.0311. The maximum absolute atomic E-state index is 11.9. The number of carboxylic acids is 1. The van der Waals surface area contributed by atoms with Gasteiger partial charge in [0.05, 0.1) is 12.2 Å². The largest absolute Gasteiger partial charge is 0.481 e. The lowest BCUT2D eigenvalue weighted by Crippen LogP contribution is -2.05. The average molecular weight is 390 g/mol. The van der Waals surface area contributed by atoms with Crippen LogP contribution in [0.5, 0.6) is 0 Å². The molecule has 27 heavy (non-hydrogen) atoms. The molecule has 0 saturated carbocycles. The number of aliphatic carboxylic acids is 1. The highest BCUT2D eigenvalue weighted by Gasteiger charge is 2.25. The van der Waals surface area contributed by atoms with Crippen LogP contribution in [0.15, 0.2) is 48.6 Å². The van der Waals surface area contributed by atoms with E-state index in [0.29, 0.717) is 32.1 Å². The van der Waals surface area contributed by atoms with E-state index in [0.717, 1.165) is 0 Å². The molecule has 7 heteroatoms. The molecule has 2 atom stereocenters. The van der Waals surface area contributed by atoms with Gasteiger partial charge in [0.15, 0.2) is 0 Å². The molecule has 0 aliphatic rings. The van der Waals surface area contributed by atoms with Gasteiger partial charge in [-0.1, -0.05) is 48.6 Å². The van der Waals surface area contributed by atoms with E-state index in [4.69, 9.17) is 5.11 Å². The highest BCUT2D eigenvalue weighted by atomic mass is 19.4. The Balaban J connectivity index is 3.82. The van der Waals surface area contributed by atoms with Crippen LogP contribution in [0, 0.1) is 0 Å². The number of aliphatic hydroxyl groups is 2. The van der Waals surface area contributed by atoms with E-state index in [1.54, 1.807) is 48.6 Å². The van der Waals surface area contributed by atoms with Gasteiger partial charge in [0, 0.05) is 12.8 Å². The van der Waals surface area contributed by atoms with E-state index in [1.165, 1.54) is 0 Å². The van der Waals surface area contributed by atoms with Crippen molar-refractivity contribution in [2.24, 2.45) is 0 Å². The number of aliphatic hydroxyl groups excluding tert-OH is 2. The van der Waals surface area contributed by atoms with E-state index in [9.17, 15) is 28.2 Å². The third-order valence-electron chi connectivity index (χ3n) is 3.52. The predicted octanol–water partition coefficient (Wildman–Crippen LogP) is 4.70. The molecular weight excluding hydrogens is 361 g/mol. The van der Waals surface area contributed by atoms with Gasteiger partial charge in [-0.05, 0) is 38.5 Å². The maximum atomic E-state index is 11.9. The smallest absolute Gasteiger partial charge is 0.389 e. The second-order valence-electron chi connectivity index (χ2n) is 6.14. The van der Waals surface area contributed by atoms with Crippen LogP contribution in [0.1, 0.15) is 51.4 Å². The van der Waals surface area contributed by atoms with E-state index in [-0.39, 0.29) is 12.8 Å². The fraction of sp³-hybridized carbons (Fsp3) is 0.550. The van der Waals surface area contributed by atoms with Crippen LogP contribution in [0.2, 0.25) is 0 Å². The molecule has 0 aromatic carbocycles. The summed E-state index contributed by atoms with van der Waals surface area (Å²) < 4.78 is 35.8. The number of carbonyl (C=O) groups is 1. The van der Waals surface area contributed by atoms with Crippen LogP contribution in [0.25, 0.3) is 0 Å². The van der Waals surface area contributed by atoms with Crippen molar-refractivity contribution in [1.29, 1.82) is 0 Å². The standard InChI is InChI=1S/C20H29F3O4/c21-20(22,23)16-9-5-1-2-6-11-17(24)12-7-3-4-8-13-18(25)14-10-15-19(26)27/h2-4,6-8,12-13,17-18,24-25H,1,5,9-11,14-16H2,(H,26,27)/b4-3+,6-2+,12-7-,13-8+/t17-,18-/m1/s1. The molecule has 0 saturated heterocycles. The van der Waals surface area contributed by atoms with Crippen molar-refractivity contribution in [1.82, 2.24) is 0 Å². The number of hydrogen-bond donors (Lipinski definition) is 3. The first-order valence-electron chi connectivity index (χ1n) is 9.02. The van der Waals surface area contributed by atoms with Crippen molar-refractivity contribution >= 4 is 5.97 Å². The third kappa shape index (κ3) is 20.3. The van der Waals surface area contributed by atoms with E-state index in [2.05, 4.69) is 0 Å². The van der Waals surface area contributed by atoms with Crippen LogP contribution < -0.4 is 0 Å². The van der Waals surface area contributed by atoms with Gasteiger partial charge in [-0.15, -0.1) is 0 Å². The van der Waals surface area contributed by atoms with E-state index < -0.39 is 30.8 Å². The van der Waals surface area contributed by atoms with E-state index >= 15 is 0 Å². The van der Waals surface area contributed by atoms with Gasteiger partial charge in [-0.3, -0.25) is 4.79 Å². The van der Waals surface area contributed by atoms with Crippen LogP contribution >= 0.6 is 0 Å². The van der Waals surface area contributed by atoms with Crippen molar-refractivity contribution in [3.63, 3.8) is 0 Å². The molecule has 0 aromatic rings. The first-order chi connectivity index (χ1) is 12.7. The summed E-state index contributed by atoms with van der Waals surface area (Å²) >= 11 is 0. The summed E-state index contributed by atoms with van der Waals surface area (Å²) in [5.74, 6) is -0.883. The molecular formula is C20H29F3O4. The average Bonchev–Trinajstić information content (AvgIpc) is 2.55. The maximum Gasteiger partial charge on any atom is 0.389 e. The van der Waals surface area contributed by atoms with Crippen molar-refractivity contribution in [3.8, 4) is 0 Å². The zero-order valence-corrected chi connectivity index (χ0v) is 15.3. The Morgan fingerprint density at radius 1 is 0.889 bits per heavy atom. The normalized spacial score (nSPS) is 15.4. The van der Waals surface area contributed by atoms with Crippen LogP contribution in [-0.4, -0.2) is 39.7 Å². The third-order valence-corrected chi connectivity index (χ3v) is 3.52. The number of halogens is 3. The topological polar surface area (TPSA) is 77.8 Å². The first-order valence-corrected chi connectivity index (χ1v) is 9.02. The highest BCUT2D eigenvalue weighted by Crippen LogP contribution is 2.22. The number of unbranched alkanes of at least 4 members (excludes halogenated alkanes) is 2. The molecule has 3 N–H and O–H groups in total. The molecule has 0 heterocycles. The van der Waals surface area contributed by atoms with E-state index in [1.807, 2.05) is 0 Å². The summed E-state index contributed by atoms with van der Waals surface area (Å²) in [6, 6.07) is 0. The summed E-state index contributed by atoms with van der Waals surface area (Å²) in [6.07, 6.45) is 9.48.